The van der Waals surface area contributed by atoms with E-state index in [0.717, 1.165) is 29.4 Å². The summed E-state index contributed by atoms with van der Waals surface area (Å²) < 4.78 is 17.3. The molecule has 0 saturated carbocycles. The molecule has 2 aromatic carbocycles. The van der Waals surface area contributed by atoms with Crippen molar-refractivity contribution in [3.63, 3.8) is 0 Å². The van der Waals surface area contributed by atoms with E-state index in [9.17, 15) is 9.18 Å². The zero-order valence-corrected chi connectivity index (χ0v) is 16.1. The van der Waals surface area contributed by atoms with Crippen LogP contribution in [0.5, 0.6) is 0 Å². The maximum absolute atomic E-state index is 13.6. The number of nitrogens with two attached hydrogens (primary N) is 1. The number of rotatable bonds is 6. The van der Waals surface area contributed by atoms with E-state index in [0.29, 0.717) is 17.0 Å². The van der Waals surface area contributed by atoms with Crippen LogP contribution in [0, 0.1) is 5.82 Å². The maximum atomic E-state index is 13.6. The van der Waals surface area contributed by atoms with Crippen LogP contribution in [-0.2, 0) is 13.1 Å². The van der Waals surface area contributed by atoms with Gasteiger partial charge in [0.05, 0.1) is 12.2 Å². The first-order valence-electron chi connectivity index (χ1n) is 9.52. The Balaban J connectivity index is 1.82. The van der Waals surface area contributed by atoms with Gasteiger partial charge in [-0.3, -0.25) is 14.9 Å². The predicted molar refractivity (Wildman–Crippen MR) is 111 cm³/mol. The molecular weight excluding hydrogens is 369 g/mol. The van der Waals surface area contributed by atoms with Crippen molar-refractivity contribution in [2.45, 2.75) is 26.4 Å². The molecule has 1 amide bonds. The van der Waals surface area contributed by atoms with Gasteiger partial charge in [-0.15, -0.1) is 0 Å². The van der Waals surface area contributed by atoms with Gasteiger partial charge in [0.1, 0.15) is 11.5 Å². The molecule has 3 N–H and O–H groups in total. The van der Waals surface area contributed by atoms with E-state index in [4.69, 9.17) is 5.84 Å². The maximum Gasteiger partial charge on any atom is 0.283 e. The molecule has 29 heavy (non-hydrogen) atoms. The minimum atomic E-state index is -0.447. The lowest BCUT2D eigenvalue weighted by molar-refractivity contribution is 0.0943. The molecule has 0 aliphatic carbocycles. The summed E-state index contributed by atoms with van der Waals surface area (Å²) in [5.74, 6) is 4.59. The fourth-order valence-electron chi connectivity index (χ4n) is 3.61. The number of benzene rings is 2. The van der Waals surface area contributed by atoms with Crippen LogP contribution in [-0.4, -0.2) is 20.3 Å². The van der Waals surface area contributed by atoms with Crippen molar-refractivity contribution in [2.24, 2.45) is 5.84 Å². The number of nitrogens with zero attached hydrogens (tertiary/aromatic N) is 3. The quantitative estimate of drug-likeness (QED) is 0.299. The topological polar surface area (TPSA) is 77.9 Å². The molecule has 7 heteroatoms. The summed E-state index contributed by atoms with van der Waals surface area (Å²) in [7, 11) is 0. The number of amides is 1. The van der Waals surface area contributed by atoms with Crippen molar-refractivity contribution in [2.75, 3.05) is 0 Å². The van der Waals surface area contributed by atoms with E-state index < -0.39 is 5.91 Å². The third kappa shape index (κ3) is 3.64. The SMILES string of the molecule is CCCn1cc(-c2cc(C(=O)NN)n(Cc3cccc(F)c3)n2)c2ccccc21. The van der Waals surface area contributed by atoms with Crippen molar-refractivity contribution in [1.82, 2.24) is 19.8 Å². The summed E-state index contributed by atoms with van der Waals surface area (Å²) >= 11 is 0. The molecule has 2 heterocycles. The van der Waals surface area contributed by atoms with Gasteiger partial charge >= 0.3 is 0 Å². The molecule has 2 aromatic heterocycles. The second-order valence-electron chi connectivity index (χ2n) is 6.93. The fraction of sp³-hybridized carbons (Fsp3) is 0.182. The van der Waals surface area contributed by atoms with Crippen molar-refractivity contribution < 1.29 is 9.18 Å². The van der Waals surface area contributed by atoms with Crippen LogP contribution in [0.25, 0.3) is 22.2 Å². The molecule has 0 spiro atoms. The Hall–Kier alpha value is -3.45. The Morgan fingerprint density at radius 1 is 1.17 bits per heavy atom. The number of hydrogen-bond acceptors (Lipinski definition) is 3. The molecule has 4 aromatic rings. The smallest absolute Gasteiger partial charge is 0.283 e. The Bertz CT molecular complexity index is 1180. The predicted octanol–water partition coefficient (Wildman–Crippen LogP) is 3.71. The van der Waals surface area contributed by atoms with Gasteiger partial charge in [-0.2, -0.15) is 5.10 Å². The van der Waals surface area contributed by atoms with Crippen LogP contribution in [0.4, 0.5) is 4.39 Å². The average molecular weight is 391 g/mol. The van der Waals surface area contributed by atoms with E-state index in [1.165, 1.54) is 12.1 Å². The first-order valence-corrected chi connectivity index (χ1v) is 9.52. The van der Waals surface area contributed by atoms with Crippen molar-refractivity contribution in [1.29, 1.82) is 0 Å². The summed E-state index contributed by atoms with van der Waals surface area (Å²) in [4.78, 5) is 12.3. The van der Waals surface area contributed by atoms with Gasteiger partial charge in [0, 0.05) is 29.2 Å². The highest BCUT2D eigenvalue weighted by molar-refractivity contribution is 5.98. The number of nitrogen functional groups attached to an aromatic ring is 1. The third-order valence-electron chi connectivity index (χ3n) is 4.89. The Morgan fingerprint density at radius 3 is 2.76 bits per heavy atom. The number of fused-ring (bicyclic) bond motifs is 1. The molecule has 0 bridgehead atoms. The van der Waals surface area contributed by atoms with E-state index >= 15 is 0 Å². The number of halogens is 1. The lowest BCUT2D eigenvalue weighted by atomic mass is 10.1. The van der Waals surface area contributed by atoms with Gasteiger partial charge in [-0.05, 0) is 36.2 Å². The summed E-state index contributed by atoms with van der Waals surface area (Å²) in [6.45, 7) is 3.28. The number of para-hydroxylation sites is 1. The minimum Gasteiger partial charge on any atom is -0.347 e. The molecule has 0 fully saturated rings. The highest BCUT2D eigenvalue weighted by Crippen LogP contribution is 2.30. The minimum absolute atomic E-state index is 0.258. The van der Waals surface area contributed by atoms with Crippen molar-refractivity contribution in [3.8, 4) is 11.3 Å². The molecule has 6 nitrogen and oxygen atoms in total. The standard InChI is InChI=1S/C22H22FN5O/c1-2-10-27-14-18(17-8-3-4-9-20(17)27)19-12-21(22(29)25-24)28(26-19)13-15-6-5-7-16(23)11-15/h3-9,11-12,14H,2,10,13,24H2,1H3,(H,25,29). The Labute approximate surface area is 167 Å². The van der Waals surface area contributed by atoms with Crippen molar-refractivity contribution in [3.05, 3.63) is 77.9 Å². The zero-order chi connectivity index (χ0) is 20.4. The Morgan fingerprint density at radius 2 is 2.00 bits per heavy atom. The first-order chi connectivity index (χ1) is 14.1. The van der Waals surface area contributed by atoms with E-state index in [-0.39, 0.29) is 12.4 Å². The van der Waals surface area contributed by atoms with Crippen molar-refractivity contribution >= 4 is 16.8 Å². The molecule has 0 radical (unpaired) electrons. The van der Waals surface area contributed by atoms with E-state index in [1.807, 2.05) is 18.2 Å². The molecule has 0 saturated heterocycles. The number of carbonyl (C=O) groups is 1. The summed E-state index contributed by atoms with van der Waals surface area (Å²) in [5.41, 5.74) is 5.93. The second-order valence-corrected chi connectivity index (χ2v) is 6.93. The fourth-order valence-corrected chi connectivity index (χ4v) is 3.61. The highest BCUT2D eigenvalue weighted by atomic mass is 19.1. The van der Waals surface area contributed by atoms with Crippen LogP contribution in [0.2, 0.25) is 0 Å². The normalized spacial score (nSPS) is 11.1. The number of nitrogens with one attached hydrogen (secondary N) is 1. The molecule has 0 unspecified atom stereocenters. The largest absolute Gasteiger partial charge is 0.347 e. The molecular formula is C22H22FN5O. The number of hydrogen-bond donors (Lipinski definition) is 2. The zero-order valence-electron chi connectivity index (χ0n) is 16.1. The third-order valence-corrected chi connectivity index (χ3v) is 4.89. The van der Waals surface area contributed by atoms with Crippen LogP contribution in [0.1, 0.15) is 29.4 Å². The van der Waals surface area contributed by atoms with Crippen LogP contribution >= 0.6 is 0 Å². The molecule has 0 aliphatic heterocycles. The highest BCUT2D eigenvalue weighted by Gasteiger charge is 2.19. The summed E-state index contributed by atoms with van der Waals surface area (Å²) in [5, 5.41) is 5.73. The molecule has 4 rings (SSSR count). The molecule has 0 atom stereocenters. The number of hydrazine groups is 1. The molecule has 148 valence electrons. The average Bonchev–Trinajstić information content (AvgIpc) is 3.30. The number of carbonyl (C=O) groups excluding carboxylic acids is 1. The van der Waals surface area contributed by atoms with Gasteiger partial charge in [0.2, 0.25) is 0 Å². The van der Waals surface area contributed by atoms with Gasteiger partial charge in [-0.1, -0.05) is 37.3 Å². The summed E-state index contributed by atoms with van der Waals surface area (Å²) in [6, 6.07) is 16.1. The van der Waals surface area contributed by atoms with E-state index in [1.54, 1.807) is 22.9 Å². The number of aryl methyl sites for hydroxylation is 1. The van der Waals surface area contributed by atoms with Crippen LogP contribution in [0.3, 0.4) is 0 Å². The van der Waals surface area contributed by atoms with Gasteiger partial charge in [0.15, 0.2) is 0 Å². The summed E-state index contributed by atoms with van der Waals surface area (Å²) in [6.07, 6.45) is 3.07. The Kier molecular flexibility index (Phi) is 5.14. The lowest BCUT2D eigenvalue weighted by Gasteiger charge is -2.06. The van der Waals surface area contributed by atoms with Crippen LogP contribution < -0.4 is 11.3 Å². The van der Waals surface area contributed by atoms with Crippen LogP contribution in [0.15, 0.2) is 60.8 Å². The first kappa shape index (κ1) is 18.9. The van der Waals surface area contributed by atoms with E-state index in [2.05, 4.69) is 34.3 Å². The number of aromatic nitrogens is 3. The second kappa shape index (κ2) is 7.89. The van der Waals surface area contributed by atoms with Gasteiger partial charge in [-0.25, -0.2) is 10.2 Å². The van der Waals surface area contributed by atoms with Gasteiger partial charge < -0.3 is 4.57 Å². The van der Waals surface area contributed by atoms with Gasteiger partial charge in [0.25, 0.3) is 5.91 Å². The molecule has 0 aliphatic rings. The lowest BCUT2D eigenvalue weighted by Crippen LogP contribution is -2.32. The monoisotopic (exact) mass is 391 g/mol.